The first-order chi connectivity index (χ1) is 13.5. The van der Waals surface area contributed by atoms with Gasteiger partial charge < -0.3 is 4.74 Å². The molecule has 4 aromatic rings. The molecule has 0 spiro atoms. The molecule has 0 N–H and O–H groups in total. The predicted octanol–water partition coefficient (Wildman–Crippen LogP) is 4.94. The average molecular weight is 376 g/mol. The molecule has 5 nitrogen and oxygen atoms in total. The molecule has 0 bridgehead atoms. The summed E-state index contributed by atoms with van der Waals surface area (Å²) in [5.74, 6) is 0.913. The lowest BCUT2D eigenvalue weighted by atomic mass is 10.0. The Hall–Kier alpha value is -3.02. The van der Waals surface area contributed by atoms with Crippen molar-refractivity contribution in [3.05, 3.63) is 48.9 Å². The van der Waals surface area contributed by atoms with E-state index in [1.165, 1.54) is 6.33 Å². The van der Waals surface area contributed by atoms with Gasteiger partial charge in [-0.25, -0.2) is 19.0 Å². The van der Waals surface area contributed by atoms with Crippen molar-refractivity contribution in [3.63, 3.8) is 0 Å². The Bertz CT molecular complexity index is 1170. The number of fused-ring (bicyclic) bond motifs is 2. The Morgan fingerprint density at radius 2 is 1.93 bits per heavy atom. The molecule has 142 valence electrons. The van der Waals surface area contributed by atoms with Crippen molar-refractivity contribution in [1.29, 1.82) is 0 Å². The van der Waals surface area contributed by atoms with E-state index in [4.69, 9.17) is 4.74 Å². The lowest BCUT2D eigenvalue weighted by Crippen LogP contribution is -2.21. The zero-order valence-electron chi connectivity index (χ0n) is 15.9. The number of aromatic nitrogens is 4. The summed E-state index contributed by atoms with van der Waals surface area (Å²) in [7, 11) is 0. The number of nitrogens with zero attached hydrogens (tertiary/aromatic N) is 4. The van der Waals surface area contributed by atoms with E-state index in [2.05, 4.69) is 39.3 Å². The summed E-state index contributed by atoms with van der Waals surface area (Å²) in [5, 5.41) is 7.71. The van der Waals surface area contributed by atoms with E-state index in [1.54, 1.807) is 24.7 Å². The minimum atomic E-state index is -1.39. The van der Waals surface area contributed by atoms with Gasteiger partial charge in [-0.3, -0.25) is 0 Å². The zero-order valence-corrected chi connectivity index (χ0v) is 15.9. The van der Waals surface area contributed by atoms with Crippen LogP contribution in [0.2, 0.25) is 0 Å². The lowest BCUT2D eigenvalue weighted by Gasteiger charge is -2.13. The normalized spacial score (nSPS) is 14.7. The van der Waals surface area contributed by atoms with E-state index < -0.39 is 5.67 Å². The van der Waals surface area contributed by atoms with Gasteiger partial charge in [-0.1, -0.05) is 18.2 Å². The van der Waals surface area contributed by atoms with Gasteiger partial charge in [0.15, 0.2) is 5.65 Å². The maximum atomic E-state index is 14.2. The van der Waals surface area contributed by atoms with Crippen molar-refractivity contribution in [3.8, 4) is 17.0 Å². The molecule has 28 heavy (non-hydrogen) atoms. The highest BCUT2D eigenvalue weighted by atomic mass is 19.1. The van der Waals surface area contributed by atoms with Gasteiger partial charge in [-0.05, 0) is 55.7 Å². The van der Waals surface area contributed by atoms with Crippen LogP contribution in [0, 0.1) is 0 Å². The maximum Gasteiger partial charge on any atom is 0.161 e. The monoisotopic (exact) mass is 376 g/mol. The van der Waals surface area contributed by atoms with Crippen molar-refractivity contribution in [2.24, 2.45) is 0 Å². The summed E-state index contributed by atoms with van der Waals surface area (Å²) in [6.45, 7) is 3.22. The Morgan fingerprint density at radius 1 is 1.14 bits per heavy atom. The van der Waals surface area contributed by atoms with Gasteiger partial charge in [0.05, 0.1) is 18.0 Å². The zero-order chi connectivity index (χ0) is 19.3. The fraction of sp³-hybridized carbons (Fsp3) is 0.318. The topological polar surface area (TPSA) is 52.8 Å². The fourth-order valence-electron chi connectivity index (χ4n) is 3.42. The second-order valence-corrected chi connectivity index (χ2v) is 8.03. The molecule has 0 aliphatic heterocycles. The highest BCUT2D eigenvalue weighted by molar-refractivity contribution is 5.95. The summed E-state index contributed by atoms with van der Waals surface area (Å²) in [4.78, 5) is 8.47. The van der Waals surface area contributed by atoms with Crippen molar-refractivity contribution >= 4 is 21.8 Å². The quantitative estimate of drug-likeness (QED) is 0.495. The molecule has 1 aliphatic rings. The first-order valence-corrected chi connectivity index (χ1v) is 9.53. The van der Waals surface area contributed by atoms with Gasteiger partial charge in [0, 0.05) is 11.8 Å². The number of halogens is 1. The minimum absolute atomic E-state index is 0.135. The SMILES string of the molecule is CC(C)(F)Cn1nc(-c2ccc3cc(OC4CC4)ccc3c2)c2cncnc21. The number of rotatable bonds is 5. The molecule has 0 radical (unpaired) electrons. The third-order valence-corrected chi connectivity index (χ3v) is 4.85. The third kappa shape index (κ3) is 3.30. The van der Waals surface area contributed by atoms with Crippen LogP contribution >= 0.6 is 0 Å². The lowest BCUT2D eigenvalue weighted by molar-refractivity contribution is 0.181. The maximum absolute atomic E-state index is 14.2. The number of alkyl halides is 1. The summed E-state index contributed by atoms with van der Waals surface area (Å²) < 4.78 is 21.8. The van der Waals surface area contributed by atoms with Crippen LogP contribution in [0.25, 0.3) is 33.1 Å². The van der Waals surface area contributed by atoms with E-state index in [1.807, 2.05) is 12.1 Å². The molecule has 0 unspecified atom stereocenters. The molecule has 1 aliphatic carbocycles. The second kappa shape index (κ2) is 6.26. The van der Waals surface area contributed by atoms with E-state index in [0.29, 0.717) is 11.8 Å². The number of benzene rings is 2. The molecule has 0 amide bonds. The molecule has 6 heteroatoms. The van der Waals surface area contributed by atoms with Gasteiger partial charge >= 0.3 is 0 Å². The first-order valence-electron chi connectivity index (χ1n) is 9.53. The van der Waals surface area contributed by atoms with Crippen molar-refractivity contribution in [2.75, 3.05) is 0 Å². The smallest absolute Gasteiger partial charge is 0.161 e. The van der Waals surface area contributed by atoms with Crippen LogP contribution in [0.3, 0.4) is 0 Å². The second-order valence-electron chi connectivity index (χ2n) is 8.03. The summed E-state index contributed by atoms with van der Waals surface area (Å²) in [5.41, 5.74) is 0.977. The van der Waals surface area contributed by atoms with Crippen molar-refractivity contribution in [2.45, 2.75) is 45.0 Å². The predicted molar refractivity (Wildman–Crippen MR) is 107 cm³/mol. The molecule has 2 aromatic carbocycles. The molecule has 0 saturated heterocycles. The fourth-order valence-corrected chi connectivity index (χ4v) is 3.42. The van der Waals surface area contributed by atoms with E-state index >= 15 is 0 Å². The third-order valence-electron chi connectivity index (χ3n) is 4.85. The molecular weight excluding hydrogens is 355 g/mol. The average Bonchev–Trinajstić information content (AvgIpc) is 3.41. The summed E-state index contributed by atoms with van der Waals surface area (Å²) in [6, 6.07) is 12.3. The Morgan fingerprint density at radius 3 is 2.71 bits per heavy atom. The minimum Gasteiger partial charge on any atom is -0.490 e. The van der Waals surface area contributed by atoms with Gasteiger partial charge in [-0.2, -0.15) is 5.10 Å². The van der Waals surface area contributed by atoms with Crippen LogP contribution in [0.5, 0.6) is 5.75 Å². The molecule has 2 heterocycles. The molecule has 5 rings (SSSR count). The molecule has 2 aromatic heterocycles. The van der Waals surface area contributed by atoms with Crippen LogP contribution in [0.15, 0.2) is 48.9 Å². The Labute approximate surface area is 162 Å². The highest BCUT2D eigenvalue weighted by Gasteiger charge is 2.24. The van der Waals surface area contributed by atoms with Crippen LogP contribution in [-0.4, -0.2) is 31.5 Å². The summed E-state index contributed by atoms with van der Waals surface area (Å²) in [6.07, 6.45) is 5.88. The highest BCUT2D eigenvalue weighted by Crippen LogP contribution is 2.32. The largest absolute Gasteiger partial charge is 0.490 e. The van der Waals surface area contributed by atoms with Crippen LogP contribution in [-0.2, 0) is 6.54 Å². The van der Waals surface area contributed by atoms with E-state index in [-0.39, 0.29) is 6.54 Å². The number of hydrogen-bond acceptors (Lipinski definition) is 4. The molecule has 1 fully saturated rings. The van der Waals surface area contributed by atoms with Gasteiger partial charge in [-0.15, -0.1) is 0 Å². The van der Waals surface area contributed by atoms with Crippen molar-refractivity contribution < 1.29 is 9.13 Å². The van der Waals surface area contributed by atoms with E-state index in [9.17, 15) is 4.39 Å². The summed E-state index contributed by atoms with van der Waals surface area (Å²) >= 11 is 0. The van der Waals surface area contributed by atoms with Gasteiger partial charge in [0.25, 0.3) is 0 Å². The Balaban J connectivity index is 1.58. The first kappa shape index (κ1) is 17.1. The van der Waals surface area contributed by atoms with Gasteiger partial charge in [0.1, 0.15) is 23.4 Å². The molecule has 0 atom stereocenters. The standard InChI is InChI=1S/C22H21FN4O/c1-22(2,23)12-27-21-19(11-24-13-25-21)20(26-27)16-4-3-15-10-18(28-17-7-8-17)6-5-14(15)9-16/h3-6,9-11,13,17H,7-8,12H2,1-2H3. The van der Waals surface area contributed by atoms with Crippen LogP contribution in [0.1, 0.15) is 26.7 Å². The van der Waals surface area contributed by atoms with Crippen molar-refractivity contribution in [1.82, 2.24) is 19.7 Å². The van der Waals surface area contributed by atoms with Crippen LogP contribution < -0.4 is 4.74 Å². The van der Waals surface area contributed by atoms with Gasteiger partial charge in [0.2, 0.25) is 0 Å². The molecule has 1 saturated carbocycles. The number of hydrogen-bond donors (Lipinski definition) is 0. The Kier molecular flexibility index (Phi) is 3.82. The number of ether oxygens (including phenoxy) is 1. The van der Waals surface area contributed by atoms with Crippen LogP contribution in [0.4, 0.5) is 4.39 Å². The van der Waals surface area contributed by atoms with E-state index in [0.717, 1.165) is 46.0 Å². The molecular formula is C22H21FN4O.